The first-order valence-corrected chi connectivity index (χ1v) is 5.33. The van der Waals surface area contributed by atoms with Crippen LogP contribution in [0, 0.1) is 18.6 Å². The van der Waals surface area contributed by atoms with Crippen LogP contribution in [0.25, 0.3) is 11.3 Å². The molecule has 0 unspecified atom stereocenters. The average molecular weight is 237 g/mol. The molecular weight excluding hydrogens is 224 g/mol. The molecular formula is C12H13F2N3. The molecule has 3 nitrogen and oxygen atoms in total. The summed E-state index contributed by atoms with van der Waals surface area (Å²) in [5.41, 5.74) is 7.44. The lowest BCUT2D eigenvalue weighted by molar-refractivity contribution is 0.509. The quantitative estimate of drug-likeness (QED) is 0.859. The SMILES string of the molecule is Cc1[nH]c(CCN)nc1-c1ccc(F)c(F)c1. The van der Waals surface area contributed by atoms with Gasteiger partial charge in [-0.2, -0.15) is 0 Å². The normalized spacial score (nSPS) is 10.8. The topological polar surface area (TPSA) is 54.7 Å². The van der Waals surface area contributed by atoms with Gasteiger partial charge in [0.2, 0.25) is 0 Å². The lowest BCUT2D eigenvalue weighted by atomic mass is 10.1. The summed E-state index contributed by atoms with van der Waals surface area (Å²) in [7, 11) is 0. The van der Waals surface area contributed by atoms with Crippen LogP contribution < -0.4 is 5.73 Å². The van der Waals surface area contributed by atoms with Crippen LogP contribution in [0.15, 0.2) is 18.2 Å². The molecule has 0 saturated carbocycles. The molecule has 0 bridgehead atoms. The van der Waals surface area contributed by atoms with Crippen molar-refractivity contribution in [2.45, 2.75) is 13.3 Å². The summed E-state index contributed by atoms with van der Waals surface area (Å²) in [6.45, 7) is 2.33. The second-order valence-corrected chi connectivity index (χ2v) is 3.82. The van der Waals surface area contributed by atoms with Crippen LogP contribution in [0.1, 0.15) is 11.5 Å². The fourth-order valence-corrected chi connectivity index (χ4v) is 1.70. The number of hydrogen-bond acceptors (Lipinski definition) is 2. The molecule has 0 amide bonds. The minimum absolute atomic E-state index is 0.490. The van der Waals surface area contributed by atoms with Gasteiger partial charge in [0.05, 0.1) is 5.69 Å². The van der Waals surface area contributed by atoms with Gasteiger partial charge in [0, 0.05) is 17.7 Å². The lowest BCUT2D eigenvalue weighted by Gasteiger charge is -1.99. The van der Waals surface area contributed by atoms with Crippen molar-refractivity contribution in [1.82, 2.24) is 9.97 Å². The molecule has 1 aromatic heterocycles. The van der Waals surface area contributed by atoms with E-state index in [2.05, 4.69) is 9.97 Å². The molecule has 0 aliphatic heterocycles. The Hall–Kier alpha value is -1.75. The molecule has 0 saturated heterocycles. The van der Waals surface area contributed by atoms with Crippen molar-refractivity contribution in [2.75, 3.05) is 6.54 Å². The average Bonchev–Trinajstić information content (AvgIpc) is 2.64. The van der Waals surface area contributed by atoms with Gasteiger partial charge in [-0.3, -0.25) is 0 Å². The number of halogens is 2. The summed E-state index contributed by atoms with van der Waals surface area (Å²) in [6, 6.07) is 3.75. The zero-order valence-corrected chi connectivity index (χ0v) is 9.43. The summed E-state index contributed by atoms with van der Waals surface area (Å²) in [5.74, 6) is -0.973. The first kappa shape index (κ1) is 11.7. The maximum absolute atomic E-state index is 13.1. The second kappa shape index (κ2) is 4.63. The predicted molar refractivity (Wildman–Crippen MR) is 61.4 cm³/mol. The van der Waals surface area contributed by atoms with Gasteiger partial charge in [-0.25, -0.2) is 13.8 Å². The van der Waals surface area contributed by atoms with Crippen LogP contribution in [0.4, 0.5) is 8.78 Å². The van der Waals surface area contributed by atoms with E-state index in [1.807, 2.05) is 6.92 Å². The molecule has 0 aliphatic carbocycles. The highest BCUT2D eigenvalue weighted by Crippen LogP contribution is 2.23. The lowest BCUT2D eigenvalue weighted by Crippen LogP contribution is -2.03. The molecule has 0 aliphatic rings. The van der Waals surface area contributed by atoms with Crippen LogP contribution in [0.3, 0.4) is 0 Å². The minimum Gasteiger partial charge on any atom is -0.346 e. The fraction of sp³-hybridized carbons (Fsp3) is 0.250. The largest absolute Gasteiger partial charge is 0.346 e. The van der Waals surface area contributed by atoms with E-state index in [0.717, 1.165) is 23.7 Å². The van der Waals surface area contributed by atoms with Crippen molar-refractivity contribution in [2.24, 2.45) is 5.73 Å². The molecule has 0 fully saturated rings. The standard InChI is InChI=1S/C12H13F2N3/c1-7-12(17-11(16-7)4-5-15)8-2-3-9(13)10(14)6-8/h2-3,6H,4-5,15H2,1H3,(H,16,17). The van der Waals surface area contributed by atoms with Gasteiger partial charge in [0.25, 0.3) is 0 Å². The fourth-order valence-electron chi connectivity index (χ4n) is 1.70. The number of nitrogens with two attached hydrogens (primary N) is 1. The molecule has 2 rings (SSSR count). The molecule has 17 heavy (non-hydrogen) atoms. The highest BCUT2D eigenvalue weighted by atomic mass is 19.2. The van der Waals surface area contributed by atoms with E-state index in [-0.39, 0.29) is 0 Å². The van der Waals surface area contributed by atoms with Crippen molar-refractivity contribution in [3.05, 3.63) is 41.4 Å². The Morgan fingerprint density at radius 2 is 2.06 bits per heavy atom. The molecule has 0 atom stereocenters. The first-order chi connectivity index (χ1) is 8.11. The molecule has 2 aromatic rings. The van der Waals surface area contributed by atoms with Gasteiger partial charge in [-0.1, -0.05) is 0 Å². The Labute approximate surface area is 97.7 Å². The van der Waals surface area contributed by atoms with Crippen molar-refractivity contribution in [1.29, 1.82) is 0 Å². The van der Waals surface area contributed by atoms with Crippen LogP contribution in [-0.2, 0) is 6.42 Å². The molecule has 5 heteroatoms. The number of imidazole rings is 1. The minimum atomic E-state index is -0.870. The molecule has 0 spiro atoms. The van der Waals surface area contributed by atoms with Gasteiger partial charge >= 0.3 is 0 Å². The van der Waals surface area contributed by atoms with Gasteiger partial charge < -0.3 is 10.7 Å². The predicted octanol–water partition coefficient (Wildman–Crippen LogP) is 2.16. The van der Waals surface area contributed by atoms with Crippen molar-refractivity contribution >= 4 is 0 Å². The molecule has 1 heterocycles. The Morgan fingerprint density at radius 1 is 1.29 bits per heavy atom. The van der Waals surface area contributed by atoms with Gasteiger partial charge in [-0.05, 0) is 31.7 Å². The first-order valence-electron chi connectivity index (χ1n) is 5.33. The van der Waals surface area contributed by atoms with Crippen LogP contribution in [-0.4, -0.2) is 16.5 Å². The Morgan fingerprint density at radius 3 is 2.71 bits per heavy atom. The number of benzene rings is 1. The van der Waals surface area contributed by atoms with E-state index in [9.17, 15) is 8.78 Å². The van der Waals surface area contributed by atoms with E-state index < -0.39 is 11.6 Å². The Balaban J connectivity index is 2.41. The van der Waals surface area contributed by atoms with E-state index in [1.54, 1.807) is 0 Å². The number of aryl methyl sites for hydroxylation is 1. The molecule has 0 radical (unpaired) electrons. The van der Waals surface area contributed by atoms with Crippen LogP contribution in [0.2, 0.25) is 0 Å². The number of aromatic amines is 1. The smallest absolute Gasteiger partial charge is 0.159 e. The summed E-state index contributed by atoms with van der Waals surface area (Å²) >= 11 is 0. The van der Waals surface area contributed by atoms with Gasteiger partial charge in [-0.15, -0.1) is 0 Å². The van der Waals surface area contributed by atoms with Gasteiger partial charge in [0.15, 0.2) is 11.6 Å². The van der Waals surface area contributed by atoms with E-state index in [1.165, 1.54) is 6.07 Å². The third-order valence-electron chi connectivity index (χ3n) is 2.51. The number of hydrogen-bond donors (Lipinski definition) is 2. The van der Waals surface area contributed by atoms with Gasteiger partial charge in [0.1, 0.15) is 5.82 Å². The molecule has 90 valence electrons. The molecule has 3 N–H and O–H groups in total. The maximum Gasteiger partial charge on any atom is 0.159 e. The number of nitrogens with zero attached hydrogens (tertiary/aromatic N) is 1. The van der Waals surface area contributed by atoms with E-state index in [0.29, 0.717) is 24.2 Å². The monoisotopic (exact) mass is 237 g/mol. The summed E-state index contributed by atoms with van der Waals surface area (Å²) < 4.78 is 25.9. The number of H-pyrrole nitrogens is 1. The third kappa shape index (κ3) is 2.34. The van der Waals surface area contributed by atoms with Crippen molar-refractivity contribution < 1.29 is 8.78 Å². The third-order valence-corrected chi connectivity index (χ3v) is 2.51. The summed E-state index contributed by atoms with van der Waals surface area (Å²) in [5, 5.41) is 0. The Bertz CT molecular complexity index is 535. The van der Waals surface area contributed by atoms with Crippen LogP contribution >= 0.6 is 0 Å². The number of aromatic nitrogens is 2. The molecule has 1 aromatic carbocycles. The number of rotatable bonds is 3. The van der Waals surface area contributed by atoms with Crippen molar-refractivity contribution in [3.8, 4) is 11.3 Å². The van der Waals surface area contributed by atoms with E-state index in [4.69, 9.17) is 5.73 Å². The highest BCUT2D eigenvalue weighted by Gasteiger charge is 2.11. The summed E-state index contributed by atoms with van der Waals surface area (Å²) in [6.07, 6.45) is 0.629. The second-order valence-electron chi connectivity index (χ2n) is 3.82. The summed E-state index contributed by atoms with van der Waals surface area (Å²) in [4.78, 5) is 7.39. The Kier molecular flexibility index (Phi) is 3.19. The highest BCUT2D eigenvalue weighted by molar-refractivity contribution is 5.61. The van der Waals surface area contributed by atoms with E-state index >= 15 is 0 Å². The van der Waals surface area contributed by atoms with Crippen molar-refractivity contribution in [3.63, 3.8) is 0 Å². The van der Waals surface area contributed by atoms with Crippen LogP contribution in [0.5, 0.6) is 0 Å². The zero-order valence-electron chi connectivity index (χ0n) is 9.43. The maximum atomic E-state index is 13.1. The zero-order chi connectivity index (χ0) is 12.4. The number of nitrogens with one attached hydrogen (secondary N) is 1.